The van der Waals surface area contributed by atoms with E-state index in [1.165, 1.54) is 12.3 Å². The summed E-state index contributed by atoms with van der Waals surface area (Å²) in [4.78, 5) is 18.1. The van der Waals surface area contributed by atoms with Gasteiger partial charge in [0.2, 0.25) is 0 Å². The molecule has 0 amide bonds. The number of carbonyl (C=O) groups excluding carboxylic acids is 1. The van der Waals surface area contributed by atoms with Crippen LogP contribution in [-0.2, 0) is 22.4 Å². The van der Waals surface area contributed by atoms with Crippen LogP contribution in [-0.4, -0.2) is 21.3 Å². The fourth-order valence-electron chi connectivity index (χ4n) is 0.374. The third kappa shape index (κ3) is 8.53. The Morgan fingerprint density at radius 1 is 1.54 bits per heavy atom. The quantitative estimate of drug-likeness (QED) is 0.379. The maximum absolute atomic E-state index is 9.87. The first-order valence-electron chi connectivity index (χ1n) is 2.56. The number of aromatic carboxylic acids is 1. The van der Waals surface area contributed by atoms with Gasteiger partial charge in [0.15, 0.2) is 0 Å². The number of carboxylic acids is 1. The van der Waals surface area contributed by atoms with Crippen molar-refractivity contribution in [2.45, 2.75) is 0 Å². The zero-order valence-electron chi connectivity index (χ0n) is 5.89. The van der Waals surface area contributed by atoms with E-state index in [2.05, 4.69) is 10.2 Å². The Hall–Kier alpha value is -1.38. The van der Waals surface area contributed by atoms with Gasteiger partial charge in [0, 0.05) is 6.20 Å². The molecule has 0 saturated carbocycles. The van der Waals surface area contributed by atoms with Gasteiger partial charge in [-0.1, -0.05) is 0 Å². The number of rotatable bonds is 1. The van der Waals surface area contributed by atoms with Crippen molar-refractivity contribution >= 4 is 5.97 Å². The van der Waals surface area contributed by atoms with Crippen LogP contribution in [0.5, 0.6) is 0 Å². The third-order valence-electron chi connectivity index (χ3n) is 0.710. The number of nitrogens with zero attached hydrogens (tertiary/aromatic N) is 2. The van der Waals surface area contributed by atoms with Crippen molar-refractivity contribution < 1.29 is 37.4 Å². The second-order valence-corrected chi connectivity index (χ2v) is 1.47. The molecule has 1 N–H and O–H groups in total. The summed E-state index contributed by atoms with van der Waals surface area (Å²) < 4.78 is 0. The minimum absolute atomic E-state index is 0. The molecule has 1 aromatic heterocycles. The third-order valence-corrected chi connectivity index (χ3v) is 0.710. The molecule has 8 nitrogen and oxygen atoms in total. The second-order valence-electron chi connectivity index (χ2n) is 1.47. The second kappa shape index (κ2) is 7.28. The summed E-state index contributed by atoms with van der Waals surface area (Å²) in [5.41, 5.74) is -0.0648. The molecular weight excluding hydrogens is 278 g/mol. The molecule has 0 aromatic carbocycles. The number of hydrogen-bond acceptors (Lipinski definition) is 6. The van der Waals surface area contributed by atoms with E-state index in [0.717, 1.165) is 0 Å². The maximum Gasteiger partial charge on any atom is 2.00 e. The maximum atomic E-state index is 9.87. The van der Waals surface area contributed by atoms with Gasteiger partial charge in [-0.2, -0.15) is 5.10 Å². The number of aromatic amines is 1. The van der Waals surface area contributed by atoms with E-state index in [1.807, 2.05) is 0 Å². The minimum Gasteiger partial charge on any atom is -0.543 e. The Labute approximate surface area is 87.2 Å². The molecule has 0 atom stereocenters. The fourth-order valence-corrected chi connectivity index (χ4v) is 0.374. The number of carboxylic acid groups (broad SMARTS) is 1. The van der Waals surface area contributed by atoms with Crippen molar-refractivity contribution in [1.29, 1.82) is 0 Å². The van der Waals surface area contributed by atoms with Crippen LogP contribution in [0.3, 0.4) is 0 Å². The van der Waals surface area contributed by atoms with Gasteiger partial charge in [-0.05, 0) is 6.07 Å². The average molecular weight is 281 g/mol. The van der Waals surface area contributed by atoms with E-state index < -0.39 is 11.1 Å². The summed E-state index contributed by atoms with van der Waals surface area (Å²) in [5, 5.41) is 30.3. The molecule has 1 heterocycles. The van der Waals surface area contributed by atoms with Gasteiger partial charge in [-0.3, -0.25) is 5.10 Å². The van der Waals surface area contributed by atoms with Gasteiger partial charge >= 0.3 is 22.4 Å². The summed E-state index contributed by atoms with van der Waals surface area (Å²) in [6.45, 7) is 0. The largest absolute Gasteiger partial charge is 2.00 e. The molecule has 75 valence electrons. The Kier molecular flexibility index (Phi) is 7.93. The Bertz CT molecular complexity index is 257. The van der Waals surface area contributed by atoms with Crippen LogP contribution in [0.15, 0.2) is 12.3 Å². The first-order valence-corrected chi connectivity index (χ1v) is 2.56. The molecule has 1 aromatic rings. The number of H-pyrrole nitrogens is 1. The van der Waals surface area contributed by atoms with E-state index >= 15 is 0 Å². The number of carbonyl (C=O) groups is 1. The van der Waals surface area contributed by atoms with Gasteiger partial charge in [-0.15, -0.1) is 0 Å². The Morgan fingerprint density at radius 2 is 2.00 bits per heavy atom. The molecule has 13 heavy (non-hydrogen) atoms. The predicted molar refractivity (Wildman–Crippen MR) is 33.3 cm³/mol. The molecule has 0 spiro atoms. The van der Waals surface area contributed by atoms with Crippen LogP contribution in [0.2, 0.25) is 0 Å². The van der Waals surface area contributed by atoms with Crippen LogP contribution >= 0.6 is 0 Å². The average Bonchev–Trinajstić information content (AvgIpc) is 2.34. The van der Waals surface area contributed by atoms with Crippen molar-refractivity contribution in [3.63, 3.8) is 0 Å². The van der Waals surface area contributed by atoms with Crippen molar-refractivity contribution in [2.75, 3.05) is 0 Å². The SMILES string of the molecule is O=C([O-])c1cc[nH]n1.O=[N+]([O-])[O-].[Ag+2]. The summed E-state index contributed by atoms with van der Waals surface area (Å²) in [5.74, 6) is -1.26. The van der Waals surface area contributed by atoms with Crippen LogP contribution in [0, 0.1) is 15.3 Å². The number of nitrogens with one attached hydrogen (secondary N) is 1. The van der Waals surface area contributed by atoms with E-state index in [-0.39, 0.29) is 28.1 Å². The molecule has 1 rings (SSSR count). The summed E-state index contributed by atoms with van der Waals surface area (Å²) in [6, 6.07) is 1.33. The fraction of sp³-hybridized carbons (Fsp3) is 0. The topological polar surface area (TPSA) is 135 Å². The Morgan fingerprint density at radius 3 is 2.15 bits per heavy atom. The van der Waals surface area contributed by atoms with Crippen LogP contribution in [0.4, 0.5) is 0 Å². The van der Waals surface area contributed by atoms with Crippen molar-refractivity contribution in [3.05, 3.63) is 33.3 Å². The molecule has 0 aliphatic heterocycles. The molecule has 0 aliphatic rings. The van der Waals surface area contributed by atoms with Gasteiger partial charge in [0.05, 0.1) is 11.1 Å². The van der Waals surface area contributed by atoms with Crippen LogP contribution < -0.4 is 5.11 Å². The molecule has 9 heteroatoms. The summed E-state index contributed by atoms with van der Waals surface area (Å²) in [7, 11) is 0. The monoisotopic (exact) mass is 280 g/mol. The van der Waals surface area contributed by atoms with Gasteiger partial charge in [0.25, 0.3) is 0 Å². The first kappa shape index (κ1) is 14.2. The van der Waals surface area contributed by atoms with Gasteiger partial charge < -0.3 is 25.2 Å². The van der Waals surface area contributed by atoms with Crippen molar-refractivity contribution in [3.8, 4) is 0 Å². The predicted octanol–water partition coefficient (Wildman–Crippen LogP) is -1.47. The Balaban J connectivity index is 0. The standard InChI is InChI=1S/C4H4N2O2.Ag.NO3/c7-4(8)3-1-2-5-6-3;;2-1(3)4/h1-2H,(H,5,6)(H,7,8);;/q;+2;-1/p-1. The number of hydrogen-bond donors (Lipinski definition) is 1. The van der Waals surface area contributed by atoms with Crippen LogP contribution in [0.25, 0.3) is 0 Å². The van der Waals surface area contributed by atoms with Crippen molar-refractivity contribution in [1.82, 2.24) is 10.2 Å². The van der Waals surface area contributed by atoms with Crippen molar-refractivity contribution in [2.24, 2.45) is 0 Å². The normalized spacial score (nSPS) is 7.38. The summed E-state index contributed by atoms with van der Waals surface area (Å²) >= 11 is 0. The van der Waals surface area contributed by atoms with E-state index in [9.17, 15) is 9.90 Å². The molecule has 0 aliphatic carbocycles. The number of aromatic nitrogens is 2. The molecule has 0 unspecified atom stereocenters. The molecule has 1 radical (unpaired) electrons. The van der Waals surface area contributed by atoms with E-state index in [4.69, 9.17) is 15.3 Å². The zero-order chi connectivity index (χ0) is 9.56. The van der Waals surface area contributed by atoms with Gasteiger partial charge in [0.1, 0.15) is 5.69 Å². The molecule has 0 bridgehead atoms. The summed E-state index contributed by atoms with van der Waals surface area (Å²) in [6.07, 6.45) is 1.42. The minimum atomic E-state index is -1.75. The zero-order valence-corrected chi connectivity index (χ0v) is 7.37. The molecule has 0 saturated heterocycles. The van der Waals surface area contributed by atoms with E-state index in [0.29, 0.717) is 0 Å². The first-order chi connectivity index (χ1) is 5.54. The van der Waals surface area contributed by atoms with Gasteiger partial charge in [-0.25, -0.2) is 0 Å². The molecule has 0 fully saturated rings. The van der Waals surface area contributed by atoms with Crippen LogP contribution in [0.1, 0.15) is 10.5 Å². The smallest absolute Gasteiger partial charge is 0.543 e. The molecular formula is C4H3AgN3O5. The van der Waals surface area contributed by atoms with E-state index in [1.54, 1.807) is 0 Å².